The van der Waals surface area contributed by atoms with E-state index in [1.807, 2.05) is 0 Å². The highest BCUT2D eigenvalue weighted by molar-refractivity contribution is 5.14. The summed E-state index contributed by atoms with van der Waals surface area (Å²) in [5, 5.41) is 3.74. The molecule has 1 N–H and O–H groups in total. The lowest BCUT2D eigenvalue weighted by Crippen LogP contribution is -2.45. The molecule has 14 heavy (non-hydrogen) atoms. The summed E-state index contributed by atoms with van der Waals surface area (Å²) < 4.78 is 0. The Morgan fingerprint density at radius 2 is 2.14 bits per heavy atom. The third-order valence-electron chi connectivity index (χ3n) is 3.16. The smallest absolute Gasteiger partial charge is 0.0312 e. The van der Waals surface area contributed by atoms with Crippen LogP contribution >= 0.6 is 0 Å². The van der Waals surface area contributed by atoms with E-state index in [0.29, 0.717) is 6.04 Å². The molecule has 1 aliphatic rings. The van der Waals surface area contributed by atoms with Crippen molar-refractivity contribution in [3.8, 4) is 0 Å². The van der Waals surface area contributed by atoms with E-state index in [1.54, 1.807) is 5.57 Å². The molecule has 0 saturated carbocycles. The second-order valence-electron chi connectivity index (χ2n) is 5.41. The van der Waals surface area contributed by atoms with E-state index >= 15 is 0 Å². The zero-order chi connectivity index (χ0) is 10.8. The molecule has 82 valence electrons. The van der Waals surface area contributed by atoms with Gasteiger partial charge in [-0.15, -0.1) is 0 Å². The maximum absolute atomic E-state index is 3.74. The standard InChI is InChI=1S/C13H25N/c1-6-11-7-8-12(10(2)3)14-13(4,5)9-11/h9-10,12,14H,6-8H2,1-5H3. The molecule has 0 saturated heterocycles. The number of hydrogen-bond donors (Lipinski definition) is 1. The van der Waals surface area contributed by atoms with Crippen molar-refractivity contribution in [2.45, 2.75) is 65.5 Å². The second kappa shape index (κ2) is 4.48. The molecule has 0 aliphatic carbocycles. The minimum atomic E-state index is 0.177. The van der Waals surface area contributed by atoms with Gasteiger partial charge in [-0.3, -0.25) is 0 Å². The average Bonchev–Trinajstić information content (AvgIpc) is 2.23. The summed E-state index contributed by atoms with van der Waals surface area (Å²) in [7, 11) is 0. The van der Waals surface area contributed by atoms with E-state index in [1.165, 1.54) is 19.3 Å². The number of rotatable bonds is 2. The Balaban J connectivity index is 2.74. The molecule has 0 bridgehead atoms. The lowest BCUT2D eigenvalue weighted by atomic mass is 9.97. The van der Waals surface area contributed by atoms with Crippen LogP contribution in [0.3, 0.4) is 0 Å². The first-order valence-corrected chi connectivity index (χ1v) is 5.93. The normalized spacial score (nSPS) is 27.3. The number of allylic oxidation sites excluding steroid dienone is 1. The Kier molecular flexibility index (Phi) is 3.77. The Morgan fingerprint density at radius 3 is 2.64 bits per heavy atom. The van der Waals surface area contributed by atoms with Crippen LogP contribution in [0.1, 0.15) is 53.9 Å². The van der Waals surface area contributed by atoms with Crippen LogP contribution in [0, 0.1) is 5.92 Å². The van der Waals surface area contributed by atoms with Crippen LogP contribution in [-0.2, 0) is 0 Å². The van der Waals surface area contributed by atoms with Crippen molar-refractivity contribution in [3.63, 3.8) is 0 Å². The molecule has 1 heterocycles. The van der Waals surface area contributed by atoms with Gasteiger partial charge in [-0.05, 0) is 39.0 Å². The summed E-state index contributed by atoms with van der Waals surface area (Å²) in [6.07, 6.45) is 6.20. The molecule has 1 atom stereocenters. The van der Waals surface area contributed by atoms with Crippen molar-refractivity contribution in [1.29, 1.82) is 0 Å². The van der Waals surface area contributed by atoms with Gasteiger partial charge in [0.25, 0.3) is 0 Å². The molecule has 1 rings (SSSR count). The van der Waals surface area contributed by atoms with E-state index < -0.39 is 0 Å². The summed E-state index contributed by atoms with van der Waals surface area (Å²) >= 11 is 0. The molecule has 0 spiro atoms. The van der Waals surface area contributed by atoms with Gasteiger partial charge in [0.2, 0.25) is 0 Å². The average molecular weight is 195 g/mol. The first-order chi connectivity index (χ1) is 6.44. The maximum atomic E-state index is 3.74. The van der Waals surface area contributed by atoms with Crippen molar-refractivity contribution in [3.05, 3.63) is 11.6 Å². The van der Waals surface area contributed by atoms with Crippen molar-refractivity contribution < 1.29 is 0 Å². The summed E-state index contributed by atoms with van der Waals surface area (Å²) in [4.78, 5) is 0. The highest BCUT2D eigenvalue weighted by Gasteiger charge is 2.25. The van der Waals surface area contributed by atoms with Gasteiger partial charge >= 0.3 is 0 Å². The Hall–Kier alpha value is -0.300. The highest BCUT2D eigenvalue weighted by Crippen LogP contribution is 2.24. The topological polar surface area (TPSA) is 12.0 Å². The van der Waals surface area contributed by atoms with Gasteiger partial charge in [0.05, 0.1) is 0 Å². The van der Waals surface area contributed by atoms with E-state index in [0.717, 1.165) is 5.92 Å². The largest absolute Gasteiger partial charge is 0.305 e. The molecular weight excluding hydrogens is 170 g/mol. The van der Waals surface area contributed by atoms with Gasteiger partial charge in [-0.2, -0.15) is 0 Å². The SMILES string of the molecule is CCC1=CC(C)(C)NC(C(C)C)CC1. The van der Waals surface area contributed by atoms with Gasteiger partial charge in [0.1, 0.15) is 0 Å². The first-order valence-electron chi connectivity index (χ1n) is 5.93. The fourth-order valence-electron chi connectivity index (χ4n) is 2.29. The van der Waals surface area contributed by atoms with Crippen LogP contribution in [0.15, 0.2) is 11.6 Å². The summed E-state index contributed by atoms with van der Waals surface area (Å²) in [6, 6.07) is 0.672. The third kappa shape index (κ3) is 3.13. The van der Waals surface area contributed by atoms with Crippen LogP contribution in [0.2, 0.25) is 0 Å². The number of nitrogens with one attached hydrogen (secondary N) is 1. The predicted octanol–water partition coefficient (Wildman–Crippen LogP) is 3.51. The molecule has 0 amide bonds. The summed E-state index contributed by atoms with van der Waals surface area (Å²) in [5.41, 5.74) is 1.79. The lowest BCUT2D eigenvalue weighted by Gasteiger charge is -2.30. The maximum Gasteiger partial charge on any atom is 0.0312 e. The van der Waals surface area contributed by atoms with Gasteiger partial charge in [0.15, 0.2) is 0 Å². The molecule has 0 radical (unpaired) electrons. The van der Waals surface area contributed by atoms with Crippen LogP contribution < -0.4 is 5.32 Å². The van der Waals surface area contributed by atoms with Crippen molar-refractivity contribution >= 4 is 0 Å². The molecular formula is C13H25N. The minimum absolute atomic E-state index is 0.177. The minimum Gasteiger partial charge on any atom is -0.305 e. The monoisotopic (exact) mass is 195 g/mol. The third-order valence-corrected chi connectivity index (χ3v) is 3.16. The zero-order valence-corrected chi connectivity index (χ0v) is 10.4. The second-order valence-corrected chi connectivity index (χ2v) is 5.41. The summed E-state index contributed by atoms with van der Waals surface area (Å²) in [6.45, 7) is 11.4. The van der Waals surface area contributed by atoms with Gasteiger partial charge in [0, 0.05) is 11.6 Å². The van der Waals surface area contributed by atoms with Crippen LogP contribution in [-0.4, -0.2) is 11.6 Å². The number of hydrogen-bond acceptors (Lipinski definition) is 1. The lowest BCUT2D eigenvalue weighted by molar-refractivity contribution is 0.321. The Bertz CT molecular complexity index is 213. The molecule has 1 aliphatic heterocycles. The van der Waals surface area contributed by atoms with Gasteiger partial charge in [-0.25, -0.2) is 0 Å². The van der Waals surface area contributed by atoms with Crippen LogP contribution in [0.4, 0.5) is 0 Å². The van der Waals surface area contributed by atoms with Crippen molar-refractivity contribution in [2.75, 3.05) is 0 Å². The van der Waals surface area contributed by atoms with E-state index in [-0.39, 0.29) is 5.54 Å². The molecule has 1 heteroatoms. The van der Waals surface area contributed by atoms with Gasteiger partial charge in [-0.1, -0.05) is 32.4 Å². The van der Waals surface area contributed by atoms with Crippen molar-refractivity contribution in [1.82, 2.24) is 5.32 Å². The quantitative estimate of drug-likeness (QED) is 0.665. The van der Waals surface area contributed by atoms with E-state index in [4.69, 9.17) is 0 Å². The van der Waals surface area contributed by atoms with Gasteiger partial charge < -0.3 is 5.32 Å². The molecule has 0 aromatic carbocycles. The Labute approximate surface area is 89.0 Å². The van der Waals surface area contributed by atoms with Crippen LogP contribution in [0.25, 0.3) is 0 Å². The highest BCUT2D eigenvalue weighted by atomic mass is 15.0. The molecule has 0 aromatic heterocycles. The molecule has 0 aromatic rings. The van der Waals surface area contributed by atoms with E-state index in [2.05, 4.69) is 46.0 Å². The predicted molar refractivity (Wildman–Crippen MR) is 63.4 cm³/mol. The molecule has 1 nitrogen and oxygen atoms in total. The van der Waals surface area contributed by atoms with Crippen LogP contribution in [0.5, 0.6) is 0 Å². The fourth-order valence-corrected chi connectivity index (χ4v) is 2.29. The van der Waals surface area contributed by atoms with E-state index in [9.17, 15) is 0 Å². The fraction of sp³-hybridized carbons (Fsp3) is 0.846. The zero-order valence-electron chi connectivity index (χ0n) is 10.4. The van der Waals surface area contributed by atoms with Crippen molar-refractivity contribution in [2.24, 2.45) is 5.92 Å². The summed E-state index contributed by atoms with van der Waals surface area (Å²) in [5.74, 6) is 0.735. The molecule has 1 unspecified atom stereocenters. The molecule has 0 fully saturated rings. The first kappa shape index (κ1) is 11.8. The Morgan fingerprint density at radius 1 is 1.50 bits per heavy atom.